The third kappa shape index (κ3) is 3.36. The minimum Gasteiger partial charge on any atom is -0.497 e. The maximum atomic E-state index is 12.9. The van der Waals surface area contributed by atoms with E-state index in [1.165, 1.54) is 18.9 Å². The standard InChI is InChI=1S/C20H20N2O5/c1-12(23)22-17-9-8-13(26-2)10-16(17)14-6-4-5-7-15(14)19(22)20(25)21-11-18(24)27-3/h4-10,19H,11H2,1-3H3,(H,21,25). The molecule has 0 spiro atoms. The zero-order chi connectivity index (χ0) is 19.6. The van der Waals surface area contributed by atoms with Gasteiger partial charge in [0.05, 0.1) is 19.9 Å². The lowest BCUT2D eigenvalue weighted by atomic mass is 9.87. The highest BCUT2D eigenvalue weighted by Gasteiger charge is 2.38. The molecule has 1 heterocycles. The molecule has 2 aromatic carbocycles. The van der Waals surface area contributed by atoms with Crippen LogP contribution in [0.25, 0.3) is 11.1 Å². The van der Waals surface area contributed by atoms with Gasteiger partial charge in [0.2, 0.25) is 11.8 Å². The number of methoxy groups -OCH3 is 2. The summed E-state index contributed by atoms with van der Waals surface area (Å²) in [5.41, 5.74) is 2.93. The molecule has 2 aromatic rings. The van der Waals surface area contributed by atoms with E-state index in [9.17, 15) is 14.4 Å². The van der Waals surface area contributed by atoms with Crippen LogP contribution in [-0.4, -0.2) is 38.5 Å². The van der Waals surface area contributed by atoms with Crippen LogP contribution in [0.1, 0.15) is 18.5 Å². The molecule has 0 saturated heterocycles. The highest BCUT2D eigenvalue weighted by molar-refractivity contribution is 6.07. The molecule has 1 atom stereocenters. The van der Waals surface area contributed by atoms with Crippen molar-refractivity contribution in [3.05, 3.63) is 48.0 Å². The fourth-order valence-electron chi connectivity index (χ4n) is 3.26. The topological polar surface area (TPSA) is 84.9 Å². The van der Waals surface area contributed by atoms with Gasteiger partial charge in [-0.1, -0.05) is 24.3 Å². The molecule has 7 heteroatoms. The number of hydrogen-bond acceptors (Lipinski definition) is 5. The zero-order valence-corrected chi connectivity index (χ0v) is 15.3. The van der Waals surface area contributed by atoms with Crippen molar-refractivity contribution < 1.29 is 23.9 Å². The maximum absolute atomic E-state index is 12.9. The van der Waals surface area contributed by atoms with E-state index in [1.807, 2.05) is 24.3 Å². The quantitative estimate of drug-likeness (QED) is 0.835. The number of nitrogens with one attached hydrogen (secondary N) is 1. The van der Waals surface area contributed by atoms with E-state index in [0.29, 0.717) is 17.0 Å². The molecule has 0 radical (unpaired) electrons. The Kier molecular flexibility index (Phi) is 5.12. The number of carbonyl (C=O) groups is 3. The molecule has 1 N–H and O–H groups in total. The molecule has 1 aliphatic heterocycles. The van der Waals surface area contributed by atoms with E-state index in [4.69, 9.17) is 4.74 Å². The molecule has 0 fully saturated rings. The molecule has 2 amide bonds. The van der Waals surface area contributed by atoms with Crippen LogP contribution >= 0.6 is 0 Å². The number of fused-ring (bicyclic) bond motifs is 3. The highest BCUT2D eigenvalue weighted by Crippen LogP contribution is 2.46. The van der Waals surface area contributed by atoms with Gasteiger partial charge >= 0.3 is 5.97 Å². The van der Waals surface area contributed by atoms with Gasteiger partial charge in [-0.25, -0.2) is 0 Å². The van der Waals surface area contributed by atoms with Crippen molar-refractivity contribution in [3.63, 3.8) is 0 Å². The van der Waals surface area contributed by atoms with E-state index in [1.54, 1.807) is 25.3 Å². The number of rotatable bonds is 4. The smallest absolute Gasteiger partial charge is 0.325 e. The molecule has 1 unspecified atom stereocenters. The van der Waals surface area contributed by atoms with Crippen LogP contribution in [-0.2, 0) is 19.1 Å². The second kappa shape index (κ2) is 7.49. The molecule has 0 aliphatic carbocycles. The van der Waals surface area contributed by atoms with Gasteiger partial charge in [-0.15, -0.1) is 0 Å². The molecular formula is C20H20N2O5. The van der Waals surface area contributed by atoms with Crippen LogP contribution in [0, 0.1) is 0 Å². The molecule has 1 aliphatic rings. The van der Waals surface area contributed by atoms with Gasteiger partial charge in [0, 0.05) is 12.5 Å². The summed E-state index contributed by atoms with van der Waals surface area (Å²) in [7, 11) is 2.82. The third-order valence-corrected chi connectivity index (χ3v) is 4.49. The predicted molar refractivity (Wildman–Crippen MR) is 99.4 cm³/mol. The second-order valence-corrected chi connectivity index (χ2v) is 6.06. The minimum absolute atomic E-state index is 0.269. The Balaban J connectivity index is 2.11. The molecule has 0 saturated carbocycles. The minimum atomic E-state index is -0.885. The van der Waals surface area contributed by atoms with Crippen LogP contribution in [0.5, 0.6) is 5.75 Å². The van der Waals surface area contributed by atoms with Gasteiger partial charge in [-0.05, 0) is 29.3 Å². The fourth-order valence-corrected chi connectivity index (χ4v) is 3.26. The lowest BCUT2D eigenvalue weighted by Crippen LogP contribution is -2.46. The maximum Gasteiger partial charge on any atom is 0.325 e. The summed E-state index contributed by atoms with van der Waals surface area (Å²) in [6.07, 6.45) is 0. The number of nitrogens with zero attached hydrogens (tertiary/aromatic N) is 1. The first-order chi connectivity index (χ1) is 13.0. The van der Waals surface area contributed by atoms with Gasteiger partial charge in [0.1, 0.15) is 18.3 Å². The normalized spacial score (nSPS) is 14.6. The van der Waals surface area contributed by atoms with Crippen molar-refractivity contribution in [1.82, 2.24) is 5.32 Å². The number of ether oxygens (including phenoxy) is 2. The first kappa shape index (κ1) is 18.4. The van der Waals surface area contributed by atoms with E-state index < -0.39 is 17.9 Å². The van der Waals surface area contributed by atoms with Crippen LogP contribution < -0.4 is 15.0 Å². The van der Waals surface area contributed by atoms with Crippen molar-refractivity contribution in [1.29, 1.82) is 0 Å². The largest absolute Gasteiger partial charge is 0.497 e. The van der Waals surface area contributed by atoms with Crippen LogP contribution in [0.15, 0.2) is 42.5 Å². The Morgan fingerprint density at radius 2 is 1.81 bits per heavy atom. The fraction of sp³-hybridized carbons (Fsp3) is 0.250. The summed E-state index contributed by atoms with van der Waals surface area (Å²) in [5, 5.41) is 2.55. The number of esters is 1. The first-order valence-electron chi connectivity index (χ1n) is 8.39. The Labute approximate surface area is 156 Å². The molecular weight excluding hydrogens is 348 g/mol. The molecule has 27 heavy (non-hydrogen) atoms. The Morgan fingerprint density at radius 3 is 2.48 bits per heavy atom. The number of anilines is 1. The number of benzene rings is 2. The SMILES string of the molecule is COC(=O)CNC(=O)C1c2ccccc2-c2cc(OC)ccc2N1C(C)=O. The lowest BCUT2D eigenvalue weighted by Gasteiger charge is -2.37. The number of amides is 2. The van der Waals surface area contributed by atoms with Crippen molar-refractivity contribution in [2.24, 2.45) is 0 Å². The molecule has 140 valence electrons. The van der Waals surface area contributed by atoms with E-state index in [-0.39, 0.29) is 12.5 Å². The summed E-state index contributed by atoms with van der Waals surface area (Å²) < 4.78 is 9.87. The van der Waals surface area contributed by atoms with Gasteiger partial charge in [-0.2, -0.15) is 0 Å². The second-order valence-electron chi connectivity index (χ2n) is 6.06. The summed E-state index contributed by atoms with van der Waals surface area (Å²) in [4.78, 5) is 38.2. The average molecular weight is 368 g/mol. The Bertz CT molecular complexity index is 909. The Hall–Kier alpha value is -3.35. The molecule has 7 nitrogen and oxygen atoms in total. The van der Waals surface area contributed by atoms with Crippen molar-refractivity contribution >= 4 is 23.5 Å². The van der Waals surface area contributed by atoms with E-state index >= 15 is 0 Å². The van der Waals surface area contributed by atoms with Gasteiger partial charge in [0.25, 0.3) is 0 Å². The van der Waals surface area contributed by atoms with Crippen LogP contribution in [0.3, 0.4) is 0 Å². The zero-order valence-electron chi connectivity index (χ0n) is 15.3. The summed E-state index contributed by atoms with van der Waals surface area (Å²) >= 11 is 0. The lowest BCUT2D eigenvalue weighted by molar-refractivity contribution is -0.141. The van der Waals surface area contributed by atoms with Crippen LogP contribution in [0.4, 0.5) is 5.69 Å². The molecule has 0 aromatic heterocycles. The predicted octanol–water partition coefficient (Wildman–Crippen LogP) is 2.06. The highest BCUT2D eigenvalue weighted by atomic mass is 16.5. The van der Waals surface area contributed by atoms with Crippen molar-refractivity contribution in [2.45, 2.75) is 13.0 Å². The average Bonchev–Trinajstić information content (AvgIpc) is 2.69. The van der Waals surface area contributed by atoms with Crippen LogP contribution in [0.2, 0.25) is 0 Å². The van der Waals surface area contributed by atoms with Crippen molar-refractivity contribution in [2.75, 3.05) is 25.7 Å². The third-order valence-electron chi connectivity index (χ3n) is 4.49. The number of carbonyl (C=O) groups excluding carboxylic acids is 3. The monoisotopic (exact) mass is 368 g/mol. The van der Waals surface area contributed by atoms with Crippen molar-refractivity contribution in [3.8, 4) is 16.9 Å². The summed E-state index contributed by atoms with van der Waals surface area (Å²) in [5.74, 6) is -0.647. The van der Waals surface area contributed by atoms with E-state index in [0.717, 1.165) is 11.1 Å². The van der Waals surface area contributed by atoms with E-state index in [2.05, 4.69) is 10.1 Å². The Morgan fingerprint density at radius 1 is 1.07 bits per heavy atom. The summed E-state index contributed by atoms with van der Waals surface area (Å²) in [6.45, 7) is 1.14. The number of hydrogen-bond donors (Lipinski definition) is 1. The first-order valence-corrected chi connectivity index (χ1v) is 8.39. The molecule has 0 bridgehead atoms. The molecule has 3 rings (SSSR count). The summed E-state index contributed by atoms with van der Waals surface area (Å²) in [6, 6.07) is 11.8. The van der Waals surface area contributed by atoms with Gasteiger partial charge < -0.3 is 14.8 Å². The van der Waals surface area contributed by atoms with Gasteiger partial charge in [-0.3, -0.25) is 19.3 Å². The van der Waals surface area contributed by atoms with Gasteiger partial charge in [0.15, 0.2) is 0 Å².